The Kier molecular flexibility index (Phi) is 7.26. The largest absolute Gasteiger partial charge is 0.489 e. The summed E-state index contributed by atoms with van der Waals surface area (Å²) in [5.74, 6) is 0.291. The molecule has 0 bridgehead atoms. The van der Waals surface area contributed by atoms with Crippen LogP contribution in [0, 0.1) is 11.3 Å². The summed E-state index contributed by atoms with van der Waals surface area (Å²) in [6.45, 7) is 2.31. The molecule has 4 nitrogen and oxygen atoms in total. The number of nitriles is 1. The van der Waals surface area contributed by atoms with E-state index in [4.69, 9.17) is 16.3 Å². The minimum atomic E-state index is -0.406. The van der Waals surface area contributed by atoms with Gasteiger partial charge in [0.15, 0.2) is 0 Å². The minimum absolute atomic E-state index is 0.0487. The van der Waals surface area contributed by atoms with Crippen LogP contribution in [0.1, 0.15) is 29.7 Å². The molecule has 150 valence electrons. The molecule has 30 heavy (non-hydrogen) atoms. The zero-order valence-corrected chi connectivity index (χ0v) is 17.3. The Bertz CT molecular complexity index is 1050. The molecule has 3 aromatic carbocycles. The first kappa shape index (κ1) is 21.2. The van der Waals surface area contributed by atoms with Crippen LogP contribution in [0.25, 0.3) is 6.08 Å². The second-order valence-corrected chi connectivity index (χ2v) is 7.20. The van der Waals surface area contributed by atoms with Crippen molar-refractivity contribution in [1.82, 2.24) is 5.32 Å². The number of benzene rings is 3. The highest BCUT2D eigenvalue weighted by Gasteiger charge is 2.13. The topological polar surface area (TPSA) is 62.1 Å². The maximum absolute atomic E-state index is 12.5. The maximum Gasteiger partial charge on any atom is 0.262 e. The number of rotatable bonds is 7. The molecule has 5 heteroatoms. The van der Waals surface area contributed by atoms with E-state index >= 15 is 0 Å². The van der Waals surface area contributed by atoms with Crippen LogP contribution in [-0.4, -0.2) is 5.91 Å². The molecule has 3 aromatic rings. The lowest BCUT2D eigenvalue weighted by molar-refractivity contribution is -0.117. The third-order valence-corrected chi connectivity index (χ3v) is 4.77. The zero-order valence-electron chi connectivity index (χ0n) is 16.5. The number of hydrogen-bond donors (Lipinski definition) is 1. The van der Waals surface area contributed by atoms with E-state index in [0.717, 1.165) is 16.7 Å². The molecule has 0 aromatic heterocycles. The van der Waals surface area contributed by atoms with Gasteiger partial charge in [-0.25, -0.2) is 0 Å². The fourth-order valence-electron chi connectivity index (χ4n) is 2.82. The van der Waals surface area contributed by atoms with Crippen LogP contribution in [0.2, 0.25) is 5.02 Å². The van der Waals surface area contributed by atoms with Gasteiger partial charge in [-0.1, -0.05) is 66.2 Å². The summed E-state index contributed by atoms with van der Waals surface area (Å²) < 4.78 is 5.76. The molecule has 0 fully saturated rings. The van der Waals surface area contributed by atoms with E-state index in [0.29, 0.717) is 17.4 Å². The van der Waals surface area contributed by atoms with E-state index in [1.807, 2.05) is 79.7 Å². The lowest BCUT2D eigenvalue weighted by Crippen LogP contribution is -2.27. The Balaban J connectivity index is 1.61. The normalized spacial score (nSPS) is 12.0. The maximum atomic E-state index is 12.5. The molecule has 0 radical (unpaired) electrons. The molecule has 0 aliphatic rings. The van der Waals surface area contributed by atoms with Crippen molar-refractivity contribution in [1.29, 1.82) is 5.26 Å². The first-order valence-electron chi connectivity index (χ1n) is 9.50. The Hall–Kier alpha value is -3.55. The van der Waals surface area contributed by atoms with Crippen LogP contribution in [0.15, 0.2) is 84.4 Å². The van der Waals surface area contributed by atoms with Crippen LogP contribution in [0.4, 0.5) is 0 Å². The average Bonchev–Trinajstić information content (AvgIpc) is 2.78. The van der Waals surface area contributed by atoms with Crippen LogP contribution in [-0.2, 0) is 11.4 Å². The van der Waals surface area contributed by atoms with Gasteiger partial charge < -0.3 is 10.1 Å². The lowest BCUT2D eigenvalue weighted by atomic mass is 10.1. The number of amides is 1. The van der Waals surface area contributed by atoms with Crippen LogP contribution in [0.5, 0.6) is 5.75 Å². The van der Waals surface area contributed by atoms with E-state index < -0.39 is 5.91 Å². The second kappa shape index (κ2) is 10.3. The van der Waals surface area contributed by atoms with Crippen molar-refractivity contribution >= 4 is 23.6 Å². The molecule has 0 aliphatic carbocycles. The summed E-state index contributed by atoms with van der Waals surface area (Å²) in [5, 5.41) is 13.0. The number of hydrogen-bond acceptors (Lipinski definition) is 3. The zero-order chi connectivity index (χ0) is 21.3. The highest BCUT2D eigenvalue weighted by Crippen LogP contribution is 2.18. The van der Waals surface area contributed by atoms with Gasteiger partial charge in [0.2, 0.25) is 0 Å². The quantitative estimate of drug-likeness (QED) is 0.396. The number of nitrogens with zero attached hydrogens (tertiary/aromatic N) is 1. The number of halogens is 1. The van der Waals surface area contributed by atoms with E-state index in [2.05, 4.69) is 5.32 Å². The van der Waals surface area contributed by atoms with Gasteiger partial charge in [0.25, 0.3) is 5.91 Å². The molecule has 0 heterocycles. The molecule has 0 saturated heterocycles. The first-order valence-corrected chi connectivity index (χ1v) is 9.88. The predicted octanol–water partition coefficient (Wildman–Crippen LogP) is 5.70. The van der Waals surface area contributed by atoms with E-state index in [-0.39, 0.29) is 11.6 Å². The van der Waals surface area contributed by atoms with Gasteiger partial charge in [-0.15, -0.1) is 0 Å². The molecule has 0 saturated carbocycles. The first-order chi connectivity index (χ1) is 14.5. The third-order valence-electron chi connectivity index (χ3n) is 4.52. The summed E-state index contributed by atoms with van der Waals surface area (Å²) in [4.78, 5) is 12.5. The van der Waals surface area contributed by atoms with Gasteiger partial charge in [0.1, 0.15) is 24.0 Å². The minimum Gasteiger partial charge on any atom is -0.489 e. The van der Waals surface area contributed by atoms with E-state index in [1.54, 1.807) is 18.2 Å². The highest BCUT2D eigenvalue weighted by molar-refractivity contribution is 6.30. The van der Waals surface area contributed by atoms with E-state index in [9.17, 15) is 10.1 Å². The summed E-state index contributed by atoms with van der Waals surface area (Å²) >= 11 is 5.88. The summed E-state index contributed by atoms with van der Waals surface area (Å²) in [5.41, 5.74) is 2.78. The lowest BCUT2D eigenvalue weighted by Gasteiger charge is -2.13. The number of carbonyl (C=O) groups excluding carboxylic acids is 1. The molecular weight excluding hydrogens is 396 g/mol. The number of ether oxygens (including phenoxy) is 1. The van der Waals surface area contributed by atoms with E-state index in [1.165, 1.54) is 0 Å². The third kappa shape index (κ3) is 5.97. The van der Waals surface area contributed by atoms with Crippen LogP contribution in [0.3, 0.4) is 0 Å². The predicted molar refractivity (Wildman–Crippen MR) is 119 cm³/mol. The monoisotopic (exact) mass is 416 g/mol. The Morgan fingerprint density at radius 3 is 2.37 bits per heavy atom. The van der Waals surface area contributed by atoms with Crippen molar-refractivity contribution in [2.24, 2.45) is 0 Å². The Morgan fingerprint density at radius 2 is 1.73 bits per heavy atom. The molecule has 0 unspecified atom stereocenters. The number of carbonyl (C=O) groups is 1. The summed E-state index contributed by atoms with van der Waals surface area (Å²) in [6.07, 6.45) is 1.57. The second-order valence-electron chi connectivity index (χ2n) is 6.76. The fraction of sp³-hybridized carbons (Fsp3) is 0.120. The fourth-order valence-corrected chi connectivity index (χ4v) is 2.95. The molecule has 3 rings (SSSR count). The summed E-state index contributed by atoms with van der Waals surface area (Å²) in [6, 6.07) is 26.1. The van der Waals surface area contributed by atoms with Gasteiger partial charge >= 0.3 is 0 Å². The van der Waals surface area contributed by atoms with Gasteiger partial charge in [-0.3, -0.25) is 4.79 Å². The van der Waals surface area contributed by atoms with Crippen molar-refractivity contribution < 1.29 is 9.53 Å². The molecule has 0 spiro atoms. The van der Waals surface area contributed by atoms with Crippen molar-refractivity contribution in [2.75, 3.05) is 0 Å². The highest BCUT2D eigenvalue weighted by atomic mass is 35.5. The summed E-state index contributed by atoms with van der Waals surface area (Å²) in [7, 11) is 0. The SMILES string of the molecule is C[C@@H](NC(=O)/C(C#N)=C\c1ccc(OCc2ccc(Cl)cc2)cc1)c1ccccc1. The molecule has 1 amide bonds. The molecule has 0 aliphatic heterocycles. The van der Waals surface area contributed by atoms with Gasteiger partial charge in [-0.05, 0) is 54.0 Å². The van der Waals surface area contributed by atoms with Crippen molar-refractivity contribution in [3.63, 3.8) is 0 Å². The average molecular weight is 417 g/mol. The Labute approximate surface area is 181 Å². The van der Waals surface area contributed by atoms with Gasteiger partial charge in [0, 0.05) is 5.02 Å². The smallest absolute Gasteiger partial charge is 0.262 e. The molecular formula is C25H21ClN2O2. The van der Waals surface area contributed by atoms with Crippen LogP contribution >= 0.6 is 11.6 Å². The molecule has 1 atom stereocenters. The van der Waals surface area contributed by atoms with Gasteiger partial charge in [0.05, 0.1) is 6.04 Å². The Morgan fingerprint density at radius 1 is 1.07 bits per heavy atom. The standard InChI is InChI=1S/C25H21ClN2O2/c1-18(21-5-3-2-4-6-21)28-25(29)22(16-27)15-19-9-13-24(14-10-19)30-17-20-7-11-23(26)12-8-20/h2-15,18H,17H2,1H3,(H,28,29)/b22-15-/t18-/m1/s1. The van der Waals surface area contributed by atoms with Gasteiger partial charge in [-0.2, -0.15) is 5.26 Å². The van der Waals surface area contributed by atoms with Crippen molar-refractivity contribution in [3.8, 4) is 11.8 Å². The molecule has 1 N–H and O–H groups in total. The number of nitrogens with one attached hydrogen (secondary N) is 1. The van der Waals surface area contributed by atoms with Crippen molar-refractivity contribution in [3.05, 3.63) is 106 Å². The van der Waals surface area contributed by atoms with Crippen LogP contribution < -0.4 is 10.1 Å². The van der Waals surface area contributed by atoms with Crippen molar-refractivity contribution in [2.45, 2.75) is 19.6 Å².